The lowest BCUT2D eigenvalue weighted by Crippen LogP contribution is -2.38. The number of nitrogens with two attached hydrogens (primary N) is 1. The van der Waals surface area contributed by atoms with E-state index in [1.54, 1.807) is 4.90 Å². The summed E-state index contributed by atoms with van der Waals surface area (Å²) in [5, 5.41) is 2.84. The van der Waals surface area contributed by atoms with Gasteiger partial charge in [-0.15, -0.1) is 0 Å². The molecule has 3 N–H and O–H groups in total. The predicted molar refractivity (Wildman–Crippen MR) is 70.5 cm³/mol. The zero-order valence-electron chi connectivity index (χ0n) is 10.3. The van der Waals surface area contributed by atoms with Crippen molar-refractivity contribution in [2.75, 3.05) is 17.6 Å². The molecule has 1 aromatic carbocycles. The van der Waals surface area contributed by atoms with Crippen LogP contribution in [0.15, 0.2) is 34.7 Å². The van der Waals surface area contributed by atoms with E-state index in [4.69, 9.17) is 10.2 Å². The van der Waals surface area contributed by atoms with Gasteiger partial charge in [0.2, 0.25) is 0 Å². The van der Waals surface area contributed by atoms with E-state index in [0.717, 1.165) is 11.4 Å². The van der Waals surface area contributed by atoms with Crippen LogP contribution in [-0.2, 0) is 13.0 Å². The standard InChI is InChI=1S/C13H14N4O2/c14-12-16-10-6-7-17(8-11(10)19-12)13(18)15-9-4-2-1-3-5-9/h1-5H,6-8H2,(H2,14,16)(H,15,18). The third kappa shape index (κ3) is 2.37. The zero-order valence-corrected chi connectivity index (χ0v) is 10.3. The molecule has 19 heavy (non-hydrogen) atoms. The number of aromatic nitrogens is 1. The number of amides is 2. The number of carbonyl (C=O) groups is 1. The van der Waals surface area contributed by atoms with Gasteiger partial charge in [0, 0.05) is 18.7 Å². The van der Waals surface area contributed by atoms with Crippen molar-refractivity contribution in [3.63, 3.8) is 0 Å². The maximum absolute atomic E-state index is 12.1. The summed E-state index contributed by atoms with van der Waals surface area (Å²) in [5.74, 6) is 0.673. The molecule has 2 aromatic rings. The van der Waals surface area contributed by atoms with Crippen LogP contribution in [0, 0.1) is 0 Å². The molecule has 0 saturated carbocycles. The van der Waals surface area contributed by atoms with E-state index >= 15 is 0 Å². The molecule has 0 aliphatic carbocycles. The minimum Gasteiger partial charge on any atom is -0.427 e. The number of rotatable bonds is 1. The van der Waals surface area contributed by atoms with Crippen LogP contribution in [0.25, 0.3) is 0 Å². The molecule has 6 heteroatoms. The molecule has 98 valence electrons. The van der Waals surface area contributed by atoms with Crippen LogP contribution in [0.4, 0.5) is 16.5 Å². The topological polar surface area (TPSA) is 84.4 Å². The van der Waals surface area contributed by atoms with Gasteiger partial charge in [-0.1, -0.05) is 18.2 Å². The SMILES string of the molecule is Nc1nc2c(o1)CN(C(=O)Nc1ccccc1)CC2. The Kier molecular flexibility index (Phi) is 2.83. The molecule has 0 radical (unpaired) electrons. The van der Waals surface area contributed by atoms with Gasteiger partial charge in [0.25, 0.3) is 6.01 Å². The Morgan fingerprint density at radius 2 is 2.16 bits per heavy atom. The first kappa shape index (κ1) is 11.6. The Morgan fingerprint density at radius 1 is 1.37 bits per heavy atom. The second-order valence-corrected chi connectivity index (χ2v) is 4.39. The number of nitrogen functional groups attached to an aromatic ring is 1. The number of carbonyl (C=O) groups excluding carboxylic acids is 1. The first-order chi connectivity index (χ1) is 9.22. The monoisotopic (exact) mass is 258 g/mol. The Hall–Kier alpha value is -2.50. The molecule has 0 saturated heterocycles. The fraction of sp³-hybridized carbons (Fsp3) is 0.231. The number of nitrogens with one attached hydrogen (secondary N) is 1. The van der Waals surface area contributed by atoms with Crippen LogP contribution < -0.4 is 11.1 Å². The van der Waals surface area contributed by atoms with E-state index in [0.29, 0.717) is 25.3 Å². The summed E-state index contributed by atoms with van der Waals surface area (Å²) in [7, 11) is 0. The highest BCUT2D eigenvalue weighted by molar-refractivity contribution is 5.89. The number of urea groups is 1. The van der Waals surface area contributed by atoms with E-state index in [1.807, 2.05) is 30.3 Å². The van der Waals surface area contributed by atoms with Crippen molar-refractivity contribution in [3.8, 4) is 0 Å². The number of fused-ring (bicyclic) bond motifs is 1. The second kappa shape index (κ2) is 4.64. The van der Waals surface area contributed by atoms with Gasteiger partial charge < -0.3 is 20.4 Å². The first-order valence-electron chi connectivity index (χ1n) is 6.07. The molecule has 1 aromatic heterocycles. The third-order valence-corrected chi connectivity index (χ3v) is 3.06. The lowest BCUT2D eigenvalue weighted by Gasteiger charge is -2.25. The van der Waals surface area contributed by atoms with Gasteiger partial charge in [-0.3, -0.25) is 0 Å². The largest absolute Gasteiger partial charge is 0.427 e. The second-order valence-electron chi connectivity index (χ2n) is 4.39. The molecule has 6 nitrogen and oxygen atoms in total. The van der Waals surface area contributed by atoms with E-state index in [1.165, 1.54) is 0 Å². The molecule has 1 aliphatic heterocycles. The predicted octanol–water partition coefficient (Wildman–Crippen LogP) is 1.85. The highest BCUT2D eigenvalue weighted by Crippen LogP contribution is 2.21. The summed E-state index contributed by atoms with van der Waals surface area (Å²) >= 11 is 0. The normalized spacial score (nSPS) is 14.0. The third-order valence-electron chi connectivity index (χ3n) is 3.06. The number of hydrogen-bond donors (Lipinski definition) is 2. The summed E-state index contributed by atoms with van der Waals surface area (Å²) in [6.07, 6.45) is 0.665. The number of anilines is 2. The average Bonchev–Trinajstić information content (AvgIpc) is 2.78. The molecular weight excluding hydrogens is 244 g/mol. The molecule has 0 fully saturated rings. The molecule has 1 aliphatic rings. The number of benzene rings is 1. The Morgan fingerprint density at radius 3 is 2.95 bits per heavy atom. The van der Waals surface area contributed by atoms with Crippen molar-refractivity contribution in [3.05, 3.63) is 41.8 Å². The highest BCUT2D eigenvalue weighted by Gasteiger charge is 2.24. The van der Waals surface area contributed by atoms with Crippen LogP contribution >= 0.6 is 0 Å². The molecule has 2 amide bonds. The lowest BCUT2D eigenvalue weighted by molar-refractivity contribution is 0.200. The molecule has 0 bridgehead atoms. The van der Waals surface area contributed by atoms with Gasteiger partial charge in [0.15, 0.2) is 0 Å². The maximum atomic E-state index is 12.1. The quantitative estimate of drug-likeness (QED) is 0.817. The molecule has 2 heterocycles. The van der Waals surface area contributed by atoms with Gasteiger partial charge in [0.05, 0.1) is 12.2 Å². The Balaban J connectivity index is 1.69. The fourth-order valence-corrected chi connectivity index (χ4v) is 2.11. The molecule has 0 atom stereocenters. The molecule has 0 spiro atoms. The van der Waals surface area contributed by atoms with Crippen LogP contribution in [0.2, 0.25) is 0 Å². The minimum absolute atomic E-state index is 0.146. The summed E-state index contributed by atoms with van der Waals surface area (Å²) in [4.78, 5) is 17.9. The summed E-state index contributed by atoms with van der Waals surface area (Å²) in [6.45, 7) is 1.01. The van der Waals surface area contributed by atoms with Crippen molar-refractivity contribution < 1.29 is 9.21 Å². The van der Waals surface area contributed by atoms with Crippen molar-refractivity contribution >= 4 is 17.7 Å². The number of nitrogens with zero attached hydrogens (tertiary/aromatic N) is 2. The zero-order chi connectivity index (χ0) is 13.2. The van der Waals surface area contributed by atoms with Crippen molar-refractivity contribution in [1.82, 2.24) is 9.88 Å². The first-order valence-corrected chi connectivity index (χ1v) is 6.07. The number of para-hydroxylation sites is 1. The summed E-state index contributed by atoms with van der Waals surface area (Å²) in [6, 6.07) is 9.36. The van der Waals surface area contributed by atoms with Gasteiger partial charge in [-0.05, 0) is 12.1 Å². The lowest BCUT2D eigenvalue weighted by atomic mass is 10.2. The average molecular weight is 258 g/mol. The van der Waals surface area contributed by atoms with Crippen molar-refractivity contribution in [1.29, 1.82) is 0 Å². The Bertz CT molecular complexity index is 594. The van der Waals surface area contributed by atoms with Crippen LogP contribution in [0.3, 0.4) is 0 Å². The van der Waals surface area contributed by atoms with E-state index < -0.39 is 0 Å². The van der Waals surface area contributed by atoms with Crippen LogP contribution in [-0.4, -0.2) is 22.5 Å². The smallest absolute Gasteiger partial charge is 0.322 e. The van der Waals surface area contributed by atoms with Gasteiger partial charge in [0.1, 0.15) is 5.76 Å². The van der Waals surface area contributed by atoms with E-state index in [-0.39, 0.29) is 12.0 Å². The van der Waals surface area contributed by atoms with Gasteiger partial charge >= 0.3 is 6.03 Å². The van der Waals surface area contributed by atoms with Crippen molar-refractivity contribution in [2.45, 2.75) is 13.0 Å². The summed E-state index contributed by atoms with van der Waals surface area (Å²) < 4.78 is 5.28. The number of hydrogen-bond acceptors (Lipinski definition) is 4. The Labute approximate surface area is 110 Å². The molecule has 0 unspecified atom stereocenters. The van der Waals surface area contributed by atoms with Crippen molar-refractivity contribution in [2.24, 2.45) is 0 Å². The fourth-order valence-electron chi connectivity index (χ4n) is 2.11. The minimum atomic E-state index is -0.146. The van der Waals surface area contributed by atoms with Crippen LogP contribution in [0.5, 0.6) is 0 Å². The van der Waals surface area contributed by atoms with Crippen LogP contribution in [0.1, 0.15) is 11.5 Å². The molecule has 3 rings (SSSR count). The molecular formula is C13H14N4O2. The van der Waals surface area contributed by atoms with E-state index in [2.05, 4.69) is 10.3 Å². The number of oxazole rings is 1. The van der Waals surface area contributed by atoms with Gasteiger partial charge in [-0.25, -0.2) is 4.79 Å². The van der Waals surface area contributed by atoms with Gasteiger partial charge in [-0.2, -0.15) is 4.98 Å². The highest BCUT2D eigenvalue weighted by atomic mass is 16.4. The van der Waals surface area contributed by atoms with E-state index in [9.17, 15) is 4.79 Å². The summed E-state index contributed by atoms with van der Waals surface area (Å²) in [5.41, 5.74) is 7.13. The maximum Gasteiger partial charge on any atom is 0.322 e.